The summed E-state index contributed by atoms with van der Waals surface area (Å²) in [6.07, 6.45) is 0.772. The Morgan fingerprint density at radius 2 is 2.00 bits per heavy atom. The molecule has 0 aliphatic rings. The summed E-state index contributed by atoms with van der Waals surface area (Å²) in [6.45, 7) is 3.74. The van der Waals surface area contributed by atoms with E-state index in [1.165, 1.54) is 16.2 Å². The van der Waals surface area contributed by atoms with Gasteiger partial charge in [-0.05, 0) is 56.2 Å². The highest BCUT2D eigenvalue weighted by atomic mass is 32.1. The number of anilines is 1. The topological polar surface area (TPSA) is 80.1 Å². The van der Waals surface area contributed by atoms with Gasteiger partial charge in [-0.15, -0.1) is 11.3 Å². The summed E-state index contributed by atoms with van der Waals surface area (Å²) in [5.74, 6) is -0.697. The minimum Gasteiger partial charge on any atom is -0.511 e. The van der Waals surface area contributed by atoms with Gasteiger partial charge in [0.15, 0.2) is 9.53 Å². The summed E-state index contributed by atoms with van der Waals surface area (Å²) in [4.78, 5) is 17.8. The van der Waals surface area contributed by atoms with Crippen LogP contribution in [0.5, 0.6) is 0 Å². The average Bonchev–Trinajstić information content (AvgIpc) is 3.07. The molecule has 0 radical (unpaired) electrons. The van der Waals surface area contributed by atoms with Gasteiger partial charge in [-0.2, -0.15) is 5.26 Å². The Hall–Kier alpha value is -2.95. The van der Waals surface area contributed by atoms with Crippen LogP contribution in [0.3, 0.4) is 0 Å². The first kappa shape index (κ1) is 20.8. The van der Waals surface area contributed by atoms with Crippen molar-refractivity contribution in [3.63, 3.8) is 0 Å². The minimum absolute atomic E-state index is 0.189. The Morgan fingerprint density at radius 3 is 2.66 bits per heavy atom. The van der Waals surface area contributed by atoms with E-state index in [2.05, 4.69) is 4.98 Å². The van der Waals surface area contributed by atoms with Gasteiger partial charge >= 0.3 is 0 Å². The summed E-state index contributed by atoms with van der Waals surface area (Å²) < 4.78 is 1.59. The Balaban J connectivity index is 1.91. The van der Waals surface area contributed by atoms with Crippen molar-refractivity contribution >= 4 is 45.4 Å². The predicted molar refractivity (Wildman–Crippen MR) is 120 cm³/mol. The quantitative estimate of drug-likeness (QED) is 0.232. The highest BCUT2D eigenvalue weighted by molar-refractivity contribution is 7.73. The second-order valence-corrected chi connectivity index (χ2v) is 8.60. The van der Waals surface area contributed by atoms with Crippen LogP contribution in [0, 0.1) is 15.3 Å². The number of H-pyrrole nitrogens is 1. The van der Waals surface area contributed by atoms with Gasteiger partial charge < -0.3 is 15.0 Å². The molecule has 1 heterocycles. The SMILES string of the molecule is CC(C)N(C(=O)/C(C#N)=C(\O)CCc1ccccc1)c1ccc2[nH]c(=S)sc2c1. The third kappa shape index (κ3) is 4.73. The number of nitriles is 1. The molecule has 0 saturated carbocycles. The van der Waals surface area contributed by atoms with Crippen LogP contribution in [-0.2, 0) is 11.2 Å². The van der Waals surface area contributed by atoms with Crippen LogP contribution in [0.4, 0.5) is 5.69 Å². The van der Waals surface area contributed by atoms with Crippen molar-refractivity contribution in [3.05, 3.63) is 69.4 Å². The standard InChI is InChI=1S/C22H21N3O2S2/c1-14(2)25(16-9-10-18-20(12-16)29-22(28)24-18)21(27)17(13-23)19(26)11-8-15-6-4-3-5-7-15/h3-7,9-10,12,14,26H,8,11H2,1-2H3,(H,24,28)/b19-17-. The van der Waals surface area contributed by atoms with Gasteiger partial charge in [0.25, 0.3) is 5.91 Å². The predicted octanol–water partition coefficient (Wildman–Crippen LogP) is 5.67. The normalized spacial score (nSPS) is 11.9. The molecule has 5 nitrogen and oxygen atoms in total. The zero-order chi connectivity index (χ0) is 21.0. The van der Waals surface area contributed by atoms with E-state index in [1.807, 2.05) is 68.4 Å². The van der Waals surface area contributed by atoms with E-state index in [0.29, 0.717) is 16.1 Å². The van der Waals surface area contributed by atoms with Gasteiger partial charge in [0.1, 0.15) is 11.8 Å². The fourth-order valence-electron chi connectivity index (χ4n) is 3.12. The molecular formula is C22H21N3O2S2. The van der Waals surface area contributed by atoms with Gasteiger partial charge in [-0.25, -0.2) is 0 Å². The molecule has 2 aromatic carbocycles. The van der Waals surface area contributed by atoms with Gasteiger partial charge in [0, 0.05) is 18.2 Å². The Labute approximate surface area is 178 Å². The number of hydrogen-bond acceptors (Lipinski definition) is 5. The molecule has 3 aromatic rings. The largest absolute Gasteiger partial charge is 0.511 e. The number of nitrogens with one attached hydrogen (secondary N) is 1. The molecule has 1 aromatic heterocycles. The number of amides is 1. The molecule has 0 spiro atoms. The van der Waals surface area contributed by atoms with E-state index in [1.54, 1.807) is 0 Å². The van der Waals surface area contributed by atoms with E-state index >= 15 is 0 Å². The highest BCUT2D eigenvalue weighted by Gasteiger charge is 2.26. The first-order chi connectivity index (χ1) is 13.9. The van der Waals surface area contributed by atoms with Gasteiger partial charge in [0.2, 0.25) is 0 Å². The number of rotatable bonds is 6. The molecule has 0 aliphatic carbocycles. The lowest BCUT2D eigenvalue weighted by molar-refractivity contribution is -0.115. The maximum absolute atomic E-state index is 13.2. The molecule has 7 heteroatoms. The highest BCUT2D eigenvalue weighted by Crippen LogP contribution is 2.28. The van der Waals surface area contributed by atoms with E-state index in [0.717, 1.165) is 15.8 Å². The number of nitrogens with zero attached hydrogens (tertiary/aromatic N) is 2. The van der Waals surface area contributed by atoms with Crippen molar-refractivity contribution in [2.45, 2.75) is 32.7 Å². The molecule has 0 aliphatic heterocycles. The molecule has 148 valence electrons. The fraction of sp³-hybridized carbons (Fsp3) is 0.227. The van der Waals surface area contributed by atoms with Crippen LogP contribution in [0.15, 0.2) is 59.9 Å². The molecule has 3 rings (SSSR count). The number of allylic oxidation sites excluding steroid dienone is 1. The zero-order valence-electron chi connectivity index (χ0n) is 16.2. The van der Waals surface area contributed by atoms with Crippen molar-refractivity contribution in [2.75, 3.05) is 4.90 Å². The Morgan fingerprint density at radius 1 is 1.28 bits per heavy atom. The van der Waals surface area contributed by atoms with Crippen LogP contribution in [-0.4, -0.2) is 22.0 Å². The monoisotopic (exact) mass is 423 g/mol. The van der Waals surface area contributed by atoms with Crippen LogP contribution in [0.1, 0.15) is 25.8 Å². The molecule has 0 unspecified atom stereocenters. The fourth-order valence-corrected chi connectivity index (χ4v) is 4.27. The lowest BCUT2D eigenvalue weighted by Gasteiger charge is -2.27. The molecule has 29 heavy (non-hydrogen) atoms. The number of carbonyl (C=O) groups is 1. The number of fused-ring (bicyclic) bond motifs is 1. The van der Waals surface area contributed by atoms with Crippen LogP contribution in [0.2, 0.25) is 0 Å². The number of carbonyl (C=O) groups excluding carboxylic acids is 1. The third-order valence-electron chi connectivity index (χ3n) is 4.53. The Kier molecular flexibility index (Phi) is 6.47. The molecule has 0 bridgehead atoms. The summed E-state index contributed by atoms with van der Waals surface area (Å²) in [5.41, 5.74) is 2.37. The number of aliphatic hydroxyl groups excluding tert-OH is 1. The number of benzene rings is 2. The van der Waals surface area contributed by atoms with Crippen molar-refractivity contribution in [1.82, 2.24) is 4.98 Å². The average molecular weight is 424 g/mol. The smallest absolute Gasteiger partial charge is 0.272 e. The van der Waals surface area contributed by atoms with Crippen LogP contribution < -0.4 is 4.90 Å². The van der Waals surface area contributed by atoms with Gasteiger partial charge in [-0.3, -0.25) is 4.79 Å². The summed E-state index contributed by atoms with van der Waals surface area (Å²) in [5, 5.41) is 20.1. The van der Waals surface area contributed by atoms with E-state index in [9.17, 15) is 15.2 Å². The second kappa shape index (κ2) is 9.03. The van der Waals surface area contributed by atoms with E-state index < -0.39 is 5.91 Å². The number of thiazole rings is 1. The van der Waals surface area contributed by atoms with Crippen molar-refractivity contribution < 1.29 is 9.90 Å². The summed E-state index contributed by atoms with van der Waals surface area (Å²) in [6, 6.07) is 16.9. The molecule has 2 N–H and O–H groups in total. The second-order valence-electron chi connectivity index (χ2n) is 6.88. The molecule has 0 saturated heterocycles. The maximum atomic E-state index is 13.2. The minimum atomic E-state index is -0.508. The first-order valence-electron chi connectivity index (χ1n) is 9.23. The van der Waals surface area contributed by atoms with Gasteiger partial charge in [0.05, 0.1) is 10.2 Å². The summed E-state index contributed by atoms with van der Waals surface area (Å²) in [7, 11) is 0. The number of aromatic amines is 1. The van der Waals surface area contributed by atoms with Crippen molar-refractivity contribution in [2.24, 2.45) is 0 Å². The molecule has 0 atom stereocenters. The number of aryl methyl sites for hydroxylation is 1. The Bertz CT molecular complexity index is 1150. The van der Waals surface area contributed by atoms with Gasteiger partial charge in [-0.1, -0.05) is 30.3 Å². The number of hydrogen-bond donors (Lipinski definition) is 2. The molecular weight excluding hydrogens is 402 g/mol. The third-order valence-corrected chi connectivity index (χ3v) is 5.72. The first-order valence-corrected chi connectivity index (χ1v) is 10.5. The lowest BCUT2D eigenvalue weighted by Crippen LogP contribution is -2.38. The molecule has 0 fully saturated rings. The maximum Gasteiger partial charge on any atom is 0.272 e. The molecule has 1 amide bonds. The van der Waals surface area contributed by atoms with Crippen LogP contribution in [0.25, 0.3) is 10.2 Å². The number of aliphatic hydroxyl groups is 1. The van der Waals surface area contributed by atoms with E-state index in [4.69, 9.17) is 12.2 Å². The lowest BCUT2D eigenvalue weighted by atomic mass is 10.1. The van der Waals surface area contributed by atoms with Crippen molar-refractivity contribution in [1.29, 1.82) is 5.26 Å². The van der Waals surface area contributed by atoms with Crippen molar-refractivity contribution in [3.8, 4) is 6.07 Å². The van der Waals surface area contributed by atoms with E-state index in [-0.39, 0.29) is 23.8 Å². The zero-order valence-corrected chi connectivity index (χ0v) is 17.8. The summed E-state index contributed by atoms with van der Waals surface area (Å²) >= 11 is 6.62. The van der Waals surface area contributed by atoms with Crippen LogP contribution >= 0.6 is 23.6 Å². The number of aromatic nitrogens is 1.